The van der Waals surface area contributed by atoms with E-state index in [1.54, 1.807) is 0 Å². The highest BCUT2D eigenvalue weighted by Crippen LogP contribution is 2.08. The summed E-state index contributed by atoms with van der Waals surface area (Å²) in [6.45, 7) is 1.82. The zero-order valence-corrected chi connectivity index (χ0v) is 7.57. The van der Waals surface area contributed by atoms with Gasteiger partial charge in [0.05, 0.1) is 0 Å². The molecule has 13 heavy (non-hydrogen) atoms. The fourth-order valence-electron chi connectivity index (χ4n) is 1.02. The standard InChI is InChI=1S/C12H12O/c1-3-12(13)10(2)9-11-7-5-4-6-8-11/h1,4-9,12-13H,2H3/b10-9+/t12-/m0/s1. The van der Waals surface area contributed by atoms with Crippen molar-refractivity contribution < 1.29 is 5.11 Å². The predicted octanol–water partition coefficient (Wildman–Crippen LogP) is 2.08. The number of benzene rings is 1. The van der Waals surface area contributed by atoms with Crippen molar-refractivity contribution >= 4 is 6.08 Å². The molecule has 0 aromatic heterocycles. The van der Waals surface area contributed by atoms with Crippen molar-refractivity contribution in [2.45, 2.75) is 13.0 Å². The average Bonchev–Trinajstić information content (AvgIpc) is 2.18. The Labute approximate surface area is 78.7 Å². The lowest BCUT2D eigenvalue weighted by Gasteiger charge is -2.02. The maximum Gasteiger partial charge on any atom is 0.136 e. The van der Waals surface area contributed by atoms with E-state index < -0.39 is 6.10 Å². The Bertz CT molecular complexity index is 330. The summed E-state index contributed by atoms with van der Waals surface area (Å²) in [6, 6.07) is 9.77. The van der Waals surface area contributed by atoms with Crippen molar-refractivity contribution in [2.24, 2.45) is 0 Å². The number of rotatable bonds is 2. The van der Waals surface area contributed by atoms with E-state index in [1.807, 2.05) is 43.3 Å². The van der Waals surface area contributed by atoms with Crippen LogP contribution in [0.5, 0.6) is 0 Å². The second kappa shape index (κ2) is 4.49. The first-order chi connectivity index (χ1) is 6.24. The molecule has 0 saturated carbocycles. The third kappa shape index (κ3) is 2.77. The van der Waals surface area contributed by atoms with Gasteiger partial charge in [-0.25, -0.2) is 0 Å². The fraction of sp³-hybridized carbons (Fsp3) is 0.167. The minimum absolute atomic E-state index is 0.778. The lowest BCUT2D eigenvalue weighted by Crippen LogP contribution is -2.03. The van der Waals surface area contributed by atoms with E-state index in [1.165, 1.54) is 0 Å². The van der Waals surface area contributed by atoms with E-state index in [4.69, 9.17) is 6.42 Å². The van der Waals surface area contributed by atoms with E-state index in [-0.39, 0.29) is 0 Å². The van der Waals surface area contributed by atoms with E-state index in [2.05, 4.69) is 5.92 Å². The minimum atomic E-state index is -0.778. The molecule has 0 bridgehead atoms. The van der Waals surface area contributed by atoms with Crippen molar-refractivity contribution in [1.82, 2.24) is 0 Å². The van der Waals surface area contributed by atoms with Gasteiger partial charge in [0.15, 0.2) is 0 Å². The molecule has 0 amide bonds. The Hall–Kier alpha value is -1.52. The van der Waals surface area contributed by atoms with Gasteiger partial charge >= 0.3 is 0 Å². The largest absolute Gasteiger partial charge is 0.376 e. The van der Waals surface area contributed by atoms with Crippen LogP contribution >= 0.6 is 0 Å². The van der Waals surface area contributed by atoms with Crippen LogP contribution in [-0.4, -0.2) is 11.2 Å². The lowest BCUT2D eigenvalue weighted by atomic mass is 10.1. The summed E-state index contributed by atoms with van der Waals surface area (Å²) in [7, 11) is 0. The summed E-state index contributed by atoms with van der Waals surface area (Å²) in [5.74, 6) is 2.27. The molecule has 1 rings (SSSR count). The first-order valence-corrected chi connectivity index (χ1v) is 4.11. The van der Waals surface area contributed by atoms with Crippen LogP contribution in [0.25, 0.3) is 6.08 Å². The van der Waals surface area contributed by atoms with Gasteiger partial charge in [-0.3, -0.25) is 0 Å². The van der Waals surface area contributed by atoms with Crippen molar-refractivity contribution in [1.29, 1.82) is 0 Å². The normalized spacial score (nSPS) is 13.5. The van der Waals surface area contributed by atoms with Gasteiger partial charge in [0.2, 0.25) is 0 Å². The molecule has 0 fully saturated rings. The fourth-order valence-corrected chi connectivity index (χ4v) is 1.02. The predicted molar refractivity (Wildman–Crippen MR) is 54.9 cm³/mol. The van der Waals surface area contributed by atoms with Crippen molar-refractivity contribution in [3.8, 4) is 12.3 Å². The van der Waals surface area contributed by atoms with Gasteiger partial charge in [-0.2, -0.15) is 0 Å². The molecule has 1 aromatic carbocycles. The summed E-state index contributed by atoms with van der Waals surface area (Å²) in [5.41, 5.74) is 1.84. The molecular weight excluding hydrogens is 160 g/mol. The van der Waals surface area contributed by atoms with Crippen LogP contribution in [0, 0.1) is 12.3 Å². The Kier molecular flexibility index (Phi) is 3.31. The summed E-state index contributed by atoms with van der Waals surface area (Å²) in [6.07, 6.45) is 6.19. The van der Waals surface area contributed by atoms with Crippen LogP contribution in [0.3, 0.4) is 0 Å². The monoisotopic (exact) mass is 172 g/mol. The average molecular weight is 172 g/mol. The molecule has 0 spiro atoms. The number of terminal acetylenes is 1. The van der Waals surface area contributed by atoms with E-state index in [9.17, 15) is 5.11 Å². The molecule has 0 heterocycles. The van der Waals surface area contributed by atoms with Crippen LogP contribution in [0.2, 0.25) is 0 Å². The summed E-state index contributed by atoms with van der Waals surface area (Å²) in [5, 5.41) is 9.28. The number of aliphatic hydroxyl groups is 1. The molecule has 1 heteroatoms. The van der Waals surface area contributed by atoms with Gasteiger partial charge in [0.25, 0.3) is 0 Å². The SMILES string of the molecule is C#C[C@H](O)/C(C)=C/c1ccccc1. The van der Waals surface area contributed by atoms with Crippen LogP contribution in [0.1, 0.15) is 12.5 Å². The molecule has 1 aromatic rings. The summed E-state index contributed by atoms with van der Waals surface area (Å²) in [4.78, 5) is 0. The highest BCUT2D eigenvalue weighted by atomic mass is 16.3. The topological polar surface area (TPSA) is 20.2 Å². The van der Waals surface area contributed by atoms with Gasteiger partial charge in [-0.1, -0.05) is 42.3 Å². The van der Waals surface area contributed by atoms with Crippen LogP contribution < -0.4 is 0 Å². The molecular formula is C12H12O. The highest BCUT2D eigenvalue weighted by molar-refractivity contribution is 5.53. The zero-order valence-electron chi connectivity index (χ0n) is 7.57. The molecule has 1 N–H and O–H groups in total. The molecule has 66 valence electrons. The lowest BCUT2D eigenvalue weighted by molar-refractivity contribution is 0.269. The van der Waals surface area contributed by atoms with E-state index in [0.717, 1.165) is 11.1 Å². The van der Waals surface area contributed by atoms with Gasteiger partial charge in [0, 0.05) is 0 Å². The molecule has 0 aliphatic carbocycles. The number of hydrogen-bond acceptors (Lipinski definition) is 1. The number of hydrogen-bond donors (Lipinski definition) is 1. The maximum atomic E-state index is 9.28. The highest BCUT2D eigenvalue weighted by Gasteiger charge is 1.99. The molecule has 0 aliphatic rings. The molecule has 0 aliphatic heterocycles. The van der Waals surface area contributed by atoms with Crippen LogP contribution in [0.4, 0.5) is 0 Å². The van der Waals surface area contributed by atoms with Crippen molar-refractivity contribution in [2.75, 3.05) is 0 Å². The smallest absolute Gasteiger partial charge is 0.136 e. The maximum absolute atomic E-state index is 9.28. The first kappa shape index (κ1) is 9.57. The third-order valence-electron chi connectivity index (χ3n) is 1.78. The Morgan fingerprint density at radius 2 is 2.08 bits per heavy atom. The first-order valence-electron chi connectivity index (χ1n) is 4.11. The van der Waals surface area contributed by atoms with Crippen molar-refractivity contribution in [3.63, 3.8) is 0 Å². The van der Waals surface area contributed by atoms with E-state index >= 15 is 0 Å². The van der Waals surface area contributed by atoms with Crippen molar-refractivity contribution in [3.05, 3.63) is 41.5 Å². The van der Waals surface area contributed by atoms with Crippen LogP contribution in [-0.2, 0) is 0 Å². The Morgan fingerprint density at radius 3 is 2.62 bits per heavy atom. The molecule has 0 radical (unpaired) electrons. The molecule has 1 nitrogen and oxygen atoms in total. The van der Waals surface area contributed by atoms with Gasteiger partial charge in [-0.05, 0) is 18.1 Å². The van der Waals surface area contributed by atoms with Crippen LogP contribution in [0.15, 0.2) is 35.9 Å². The Morgan fingerprint density at radius 1 is 1.46 bits per heavy atom. The zero-order chi connectivity index (χ0) is 9.68. The quantitative estimate of drug-likeness (QED) is 0.677. The molecule has 0 unspecified atom stereocenters. The third-order valence-corrected chi connectivity index (χ3v) is 1.78. The van der Waals surface area contributed by atoms with Gasteiger partial charge in [-0.15, -0.1) is 6.42 Å². The second-order valence-electron chi connectivity index (χ2n) is 2.87. The minimum Gasteiger partial charge on any atom is -0.376 e. The molecule has 1 atom stereocenters. The van der Waals surface area contributed by atoms with Gasteiger partial charge in [0.1, 0.15) is 6.10 Å². The molecule has 0 saturated heterocycles. The summed E-state index contributed by atoms with van der Waals surface area (Å²) < 4.78 is 0. The summed E-state index contributed by atoms with van der Waals surface area (Å²) >= 11 is 0. The second-order valence-corrected chi connectivity index (χ2v) is 2.87. The Balaban J connectivity index is 2.84. The van der Waals surface area contributed by atoms with E-state index in [0.29, 0.717) is 0 Å². The number of aliphatic hydroxyl groups excluding tert-OH is 1. The van der Waals surface area contributed by atoms with Gasteiger partial charge < -0.3 is 5.11 Å².